The number of hydrogen-bond acceptors (Lipinski definition) is 5. The van der Waals surface area contributed by atoms with Crippen LogP contribution < -0.4 is 5.73 Å². The summed E-state index contributed by atoms with van der Waals surface area (Å²) in [6.07, 6.45) is 0. The van der Waals surface area contributed by atoms with E-state index in [4.69, 9.17) is 5.73 Å². The largest absolute Gasteiger partial charge is 0.398 e. The van der Waals surface area contributed by atoms with Crippen LogP contribution >= 0.6 is 0 Å². The van der Waals surface area contributed by atoms with Crippen LogP contribution in [0.3, 0.4) is 0 Å². The molecule has 15 heavy (non-hydrogen) atoms. The average molecular weight is 211 g/mol. The lowest BCUT2D eigenvalue weighted by atomic mass is 10.1. The van der Waals surface area contributed by atoms with Crippen LogP contribution in [0, 0.1) is 34.1 Å². The standard InChI is InChI=1S/C8H9N3O4/c1-4-6(9)3-7(10(12)13)5(2)8(4)11(14)15/h3H,9H2,1-2H3. The third kappa shape index (κ3) is 1.71. The van der Waals surface area contributed by atoms with Crippen molar-refractivity contribution in [2.24, 2.45) is 0 Å². The molecule has 80 valence electrons. The van der Waals surface area contributed by atoms with E-state index in [0.29, 0.717) is 0 Å². The molecule has 0 aromatic heterocycles. The monoisotopic (exact) mass is 211 g/mol. The molecule has 1 aromatic rings. The SMILES string of the molecule is Cc1c(N)cc([N+](=O)[O-])c(C)c1[N+](=O)[O-]. The van der Waals surface area contributed by atoms with Gasteiger partial charge in [-0.25, -0.2) is 0 Å². The number of nitro benzene ring substituents is 2. The molecule has 0 unspecified atom stereocenters. The number of nitrogens with two attached hydrogens (primary N) is 1. The number of rotatable bonds is 2. The van der Waals surface area contributed by atoms with E-state index < -0.39 is 9.85 Å². The minimum absolute atomic E-state index is 0.0247. The van der Waals surface area contributed by atoms with Gasteiger partial charge in [-0.1, -0.05) is 0 Å². The predicted molar refractivity (Wildman–Crippen MR) is 53.6 cm³/mol. The molecular formula is C8H9N3O4. The fraction of sp³-hybridized carbons (Fsp3) is 0.250. The highest BCUT2D eigenvalue weighted by Gasteiger charge is 2.25. The summed E-state index contributed by atoms with van der Waals surface area (Å²) < 4.78 is 0. The van der Waals surface area contributed by atoms with Crippen LogP contribution in [0.2, 0.25) is 0 Å². The van der Waals surface area contributed by atoms with Crippen LogP contribution in [0.4, 0.5) is 17.1 Å². The highest BCUT2D eigenvalue weighted by molar-refractivity contribution is 5.68. The van der Waals surface area contributed by atoms with E-state index in [1.165, 1.54) is 13.8 Å². The van der Waals surface area contributed by atoms with E-state index in [0.717, 1.165) is 6.07 Å². The number of hydrogen-bond donors (Lipinski definition) is 1. The third-order valence-electron chi connectivity index (χ3n) is 2.20. The van der Waals surface area contributed by atoms with Crippen LogP contribution in [-0.2, 0) is 0 Å². The molecular weight excluding hydrogens is 202 g/mol. The first-order valence-electron chi connectivity index (χ1n) is 4.04. The van der Waals surface area contributed by atoms with Gasteiger partial charge in [0.15, 0.2) is 0 Å². The van der Waals surface area contributed by atoms with E-state index >= 15 is 0 Å². The molecule has 0 radical (unpaired) electrons. The van der Waals surface area contributed by atoms with Gasteiger partial charge >= 0.3 is 0 Å². The topological polar surface area (TPSA) is 112 Å². The van der Waals surface area contributed by atoms with Crippen LogP contribution in [0.15, 0.2) is 6.07 Å². The van der Waals surface area contributed by atoms with Crippen molar-refractivity contribution in [3.63, 3.8) is 0 Å². The first-order valence-corrected chi connectivity index (χ1v) is 4.04. The molecule has 0 bridgehead atoms. The minimum atomic E-state index is -0.682. The maximum Gasteiger partial charge on any atom is 0.284 e. The van der Waals surface area contributed by atoms with Crippen LogP contribution in [0.5, 0.6) is 0 Å². The summed E-state index contributed by atoms with van der Waals surface area (Å²) in [7, 11) is 0. The van der Waals surface area contributed by atoms with Gasteiger partial charge in [-0.15, -0.1) is 0 Å². The van der Waals surface area contributed by atoms with Gasteiger partial charge in [0.25, 0.3) is 11.4 Å². The summed E-state index contributed by atoms with van der Waals surface area (Å²) >= 11 is 0. The molecule has 0 heterocycles. The zero-order valence-corrected chi connectivity index (χ0v) is 8.18. The minimum Gasteiger partial charge on any atom is -0.398 e. The van der Waals surface area contributed by atoms with Crippen molar-refractivity contribution in [1.82, 2.24) is 0 Å². The Morgan fingerprint density at radius 2 is 1.67 bits per heavy atom. The van der Waals surface area contributed by atoms with Gasteiger partial charge < -0.3 is 5.73 Å². The maximum atomic E-state index is 10.7. The quantitative estimate of drug-likeness (QED) is 0.454. The summed E-state index contributed by atoms with van der Waals surface area (Å²) in [6.45, 7) is 2.80. The van der Waals surface area contributed by atoms with Crippen molar-refractivity contribution >= 4 is 17.1 Å². The fourth-order valence-electron chi connectivity index (χ4n) is 1.37. The van der Waals surface area contributed by atoms with Gasteiger partial charge in [0.05, 0.1) is 15.4 Å². The van der Waals surface area contributed by atoms with Gasteiger partial charge in [0.1, 0.15) is 5.56 Å². The smallest absolute Gasteiger partial charge is 0.284 e. The molecule has 0 aliphatic rings. The molecule has 0 saturated carbocycles. The Balaban J connectivity index is 3.63. The first kappa shape index (κ1) is 10.9. The van der Waals surface area contributed by atoms with Crippen LogP contribution in [-0.4, -0.2) is 9.85 Å². The van der Waals surface area contributed by atoms with Gasteiger partial charge in [0.2, 0.25) is 0 Å². The van der Waals surface area contributed by atoms with Crippen molar-refractivity contribution < 1.29 is 9.85 Å². The lowest BCUT2D eigenvalue weighted by Gasteiger charge is -2.04. The predicted octanol–water partition coefficient (Wildman–Crippen LogP) is 1.70. The molecule has 0 atom stereocenters. The van der Waals surface area contributed by atoms with E-state index in [2.05, 4.69) is 0 Å². The normalized spacial score (nSPS) is 10.0. The Morgan fingerprint density at radius 3 is 2.07 bits per heavy atom. The summed E-state index contributed by atoms with van der Waals surface area (Å²) in [6, 6.07) is 1.14. The Labute approximate surface area is 84.8 Å². The van der Waals surface area contributed by atoms with Crippen LogP contribution in [0.25, 0.3) is 0 Å². The van der Waals surface area contributed by atoms with Crippen LogP contribution in [0.1, 0.15) is 11.1 Å². The number of anilines is 1. The zero-order valence-electron chi connectivity index (χ0n) is 8.18. The summed E-state index contributed by atoms with van der Waals surface area (Å²) in [5, 5.41) is 21.3. The van der Waals surface area contributed by atoms with Gasteiger partial charge in [-0.05, 0) is 13.8 Å². The molecule has 7 nitrogen and oxygen atoms in total. The Bertz CT molecular complexity index is 456. The molecule has 0 spiro atoms. The average Bonchev–Trinajstić information content (AvgIpc) is 2.10. The molecule has 0 saturated heterocycles. The Morgan fingerprint density at radius 1 is 1.13 bits per heavy atom. The summed E-state index contributed by atoms with van der Waals surface area (Å²) in [5.41, 5.74) is 5.17. The molecule has 0 amide bonds. The second-order valence-corrected chi connectivity index (χ2v) is 3.10. The lowest BCUT2D eigenvalue weighted by molar-refractivity contribution is -0.395. The zero-order chi connectivity index (χ0) is 11.7. The van der Waals surface area contributed by atoms with Gasteiger partial charge in [-0.2, -0.15) is 0 Å². The lowest BCUT2D eigenvalue weighted by Crippen LogP contribution is -2.03. The number of nitrogen functional groups attached to an aromatic ring is 1. The molecule has 1 aromatic carbocycles. The molecule has 0 aliphatic heterocycles. The van der Waals surface area contributed by atoms with Crippen molar-refractivity contribution in [1.29, 1.82) is 0 Å². The number of nitrogens with zero attached hydrogens (tertiary/aromatic N) is 2. The summed E-state index contributed by atoms with van der Waals surface area (Å²) in [4.78, 5) is 19.9. The van der Waals surface area contributed by atoms with Crippen molar-refractivity contribution in [3.05, 3.63) is 37.4 Å². The van der Waals surface area contributed by atoms with E-state index in [1.54, 1.807) is 0 Å². The maximum absolute atomic E-state index is 10.7. The van der Waals surface area contributed by atoms with Gasteiger partial charge in [0, 0.05) is 11.8 Å². The third-order valence-corrected chi connectivity index (χ3v) is 2.20. The highest BCUT2D eigenvalue weighted by Crippen LogP contribution is 2.34. The number of benzene rings is 1. The van der Waals surface area contributed by atoms with E-state index in [9.17, 15) is 20.2 Å². The molecule has 7 heteroatoms. The van der Waals surface area contributed by atoms with Crippen molar-refractivity contribution in [2.45, 2.75) is 13.8 Å². The molecule has 2 N–H and O–H groups in total. The molecule has 0 fully saturated rings. The Hall–Kier alpha value is -2.18. The van der Waals surface area contributed by atoms with Crippen molar-refractivity contribution in [2.75, 3.05) is 5.73 Å². The second kappa shape index (κ2) is 3.52. The molecule has 1 rings (SSSR count). The first-order chi connectivity index (χ1) is 6.86. The highest BCUT2D eigenvalue weighted by atomic mass is 16.6. The van der Waals surface area contributed by atoms with E-state index in [1.807, 2.05) is 0 Å². The Kier molecular flexibility index (Phi) is 2.56. The second-order valence-electron chi connectivity index (χ2n) is 3.10. The van der Waals surface area contributed by atoms with Gasteiger partial charge in [-0.3, -0.25) is 20.2 Å². The van der Waals surface area contributed by atoms with Crippen molar-refractivity contribution in [3.8, 4) is 0 Å². The fourth-order valence-corrected chi connectivity index (χ4v) is 1.37. The summed E-state index contributed by atoms with van der Waals surface area (Å²) in [5.74, 6) is 0. The van der Waals surface area contributed by atoms with E-state index in [-0.39, 0.29) is 28.2 Å². The molecule has 0 aliphatic carbocycles. The number of nitro groups is 2.